The maximum atomic E-state index is 12.3. The topological polar surface area (TPSA) is 82.6 Å². The van der Waals surface area contributed by atoms with E-state index in [4.69, 9.17) is 11.6 Å². The van der Waals surface area contributed by atoms with Gasteiger partial charge in [0.05, 0.1) is 6.20 Å². The highest BCUT2D eigenvalue weighted by atomic mass is 35.5. The molecule has 2 rings (SSSR count). The van der Waals surface area contributed by atoms with E-state index < -0.39 is 10.0 Å². The number of hydrogen-bond acceptors (Lipinski definition) is 5. The van der Waals surface area contributed by atoms with Crippen molar-refractivity contribution in [2.45, 2.75) is 11.1 Å². The Kier molecular flexibility index (Phi) is 4.84. The van der Waals surface area contributed by atoms with Crippen LogP contribution < -0.4 is 5.32 Å². The Labute approximate surface area is 126 Å². The van der Waals surface area contributed by atoms with Crippen LogP contribution in [0.2, 0.25) is 4.47 Å². The van der Waals surface area contributed by atoms with E-state index in [2.05, 4.69) is 10.3 Å². The summed E-state index contributed by atoms with van der Waals surface area (Å²) < 4.78 is 26.3. The van der Waals surface area contributed by atoms with E-state index in [0.29, 0.717) is 19.6 Å². The minimum Gasteiger partial charge on any atom is -0.338 e. The Bertz CT molecular complexity index is 581. The first-order valence-corrected chi connectivity index (χ1v) is 8.73. The van der Waals surface area contributed by atoms with Gasteiger partial charge >= 0.3 is 6.03 Å². The van der Waals surface area contributed by atoms with E-state index in [-0.39, 0.29) is 27.8 Å². The number of aromatic nitrogens is 1. The number of nitrogens with zero attached hydrogens (tertiary/aromatic N) is 3. The van der Waals surface area contributed by atoms with Crippen LogP contribution in [-0.2, 0) is 10.0 Å². The Morgan fingerprint density at radius 2 is 2.10 bits per heavy atom. The van der Waals surface area contributed by atoms with Gasteiger partial charge in [-0.2, -0.15) is 4.31 Å². The van der Waals surface area contributed by atoms with Crippen LogP contribution in [0.5, 0.6) is 0 Å². The lowest BCUT2D eigenvalue weighted by Crippen LogP contribution is -2.52. The molecule has 1 fully saturated rings. The number of thiazole rings is 1. The molecule has 0 unspecified atom stereocenters. The molecule has 0 bridgehead atoms. The maximum Gasteiger partial charge on any atom is 0.317 e. The van der Waals surface area contributed by atoms with Crippen molar-refractivity contribution >= 4 is 39.0 Å². The lowest BCUT2D eigenvalue weighted by Gasteiger charge is -2.33. The van der Waals surface area contributed by atoms with Crippen molar-refractivity contribution in [3.8, 4) is 0 Å². The number of hydrogen-bond donors (Lipinski definition) is 1. The van der Waals surface area contributed by atoms with Gasteiger partial charge in [0.1, 0.15) is 0 Å². The standard InChI is InChI=1S/C10H15ClN4O3S2/c1-2-12-10(16)14-3-5-15(6-4-14)20(17,18)8-7-13-9(11)19-8/h7H,2-6H2,1H3,(H,12,16). The molecule has 0 aliphatic carbocycles. The zero-order valence-electron chi connectivity index (χ0n) is 10.9. The predicted molar refractivity (Wildman–Crippen MR) is 76.5 cm³/mol. The van der Waals surface area contributed by atoms with E-state index in [1.54, 1.807) is 4.90 Å². The molecule has 112 valence electrons. The molecule has 2 amide bonds. The third-order valence-corrected chi connectivity index (χ3v) is 6.35. The van der Waals surface area contributed by atoms with E-state index in [0.717, 1.165) is 11.3 Å². The SMILES string of the molecule is CCNC(=O)N1CCN(S(=O)(=O)c2cnc(Cl)s2)CC1. The Morgan fingerprint density at radius 3 is 2.60 bits per heavy atom. The summed E-state index contributed by atoms with van der Waals surface area (Å²) in [6.45, 7) is 3.68. The molecule has 20 heavy (non-hydrogen) atoms. The number of sulfonamides is 1. The van der Waals surface area contributed by atoms with Gasteiger partial charge in [-0.15, -0.1) is 0 Å². The van der Waals surface area contributed by atoms with Crippen LogP contribution in [0.15, 0.2) is 10.4 Å². The van der Waals surface area contributed by atoms with Crippen molar-refractivity contribution in [2.75, 3.05) is 32.7 Å². The summed E-state index contributed by atoms with van der Waals surface area (Å²) in [6.07, 6.45) is 1.26. The molecule has 1 aromatic heterocycles. The third kappa shape index (κ3) is 3.22. The molecule has 0 spiro atoms. The fourth-order valence-corrected chi connectivity index (χ4v) is 4.75. The molecule has 2 heterocycles. The first-order valence-electron chi connectivity index (χ1n) is 6.09. The Balaban J connectivity index is 2.02. The van der Waals surface area contributed by atoms with E-state index in [1.165, 1.54) is 10.5 Å². The highest BCUT2D eigenvalue weighted by Crippen LogP contribution is 2.26. The maximum absolute atomic E-state index is 12.3. The molecule has 7 nitrogen and oxygen atoms in total. The summed E-state index contributed by atoms with van der Waals surface area (Å²) in [6, 6.07) is -0.162. The van der Waals surface area contributed by atoms with Gasteiger partial charge in [0.25, 0.3) is 10.0 Å². The van der Waals surface area contributed by atoms with Crippen molar-refractivity contribution in [1.29, 1.82) is 0 Å². The molecule has 1 saturated heterocycles. The van der Waals surface area contributed by atoms with Gasteiger partial charge < -0.3 is 10.2 Å². The summed E-state index contributed by atoms with van der Waals surface area (Å²) in [5.74, 6) is 0. The number of carbonyl (C=O) groups is 1. The Morgan fingerprint density at radius 1 is 1.45 bits per heavy atom. The first kappa shape index (κ1) is 15.5. The van der Waals surface area contributed by atoms with Gasteiger partial charge in [-0.25, -0.2) is 18.2 Å². The van der Waals surface area contributed by atoms with Crippen LogP contribution in [0.4, 0.5) is 4.79 Å². The average molecular weight is 339 g/mol. The number of rotatable bonds is 3. The second-order valence-electron chi connectivity index (χ2n) is 4.16. The number of piperazine rings is 1. The molecule has 0 saturated carbocycles. The minimum atomic E-state index is -3.56. The molecule has 1 aliphatic rings. The van der Waals surface area contributed by atoms with Crippen molar-refractivity contribution < 1.29 is 13.2 Å². The molecule has 10 heteroatoms. The van der Waals surface area contributed by atoms with Crippen molar-refractivity contribution in [3.05, 3.63) is 10.7 Å². The average Bonchev–Trinajstić information content (AvgIpc) is 2.86. The second kappa shape index (κ2) is 6.25. The smallest absolute Gasteiger partial charge is 0.317 e. The largest absolute Gasteiger partial charge is 0.338 e. The molecule has 1 N–H and O–H groups in total. The van der Waals surface area contributed by atoms with Crippen LogP contribution in [-0.4, -0.2) is 61.4 Å². The molecule has 1 aliphatic heterocycles. The predicted octanol–water partition coefficient (Wildman–Crippen LogP) is 0.832. The second-order valence-corrected chi connectivity index (χ2v) is 7.94. The van der Waals surface area contributed by atoms with Crippen molar-refractivity contribution in [1.82, 2.24) is 19.5 Å². The highest BCUT2D eigenvalue weighted by molar-refractivity contribution is 7.91. The molecule has 0 aromatic carbocycles. The van der Waals surface area contributed by atoms with Crippen molar-refractivity contribution in [2.24, 2.45) is 0 Å². The quantitative estimate of drug-likeness (QED) is 0.885. The zero-order chi connectivity index (χ0) is 14.8. The summed E-state index contributed by atoms with van der Waals surface area (Å²) in [5.41, 5.74) is 0. The summed E-state index contributed by atoms with van der Waals surface area (Å²) in [4.78, 5) is 17.0. The first-order chi connectivity index (χ1) is 9.45. The van der Waals surface area contributed by atoms with Crippen LogP contribution in [0.3, 0.4) is 0 Å². The number of carbonyl (C=O) groups excluding carboxylic acids is 1. The van der Waals surface area contributed by atoms with Crippen LogP contribution in [0.1, 0.15) is 6.92 Å². The lowest BCUT2D eigenvalue weighted by atomic mass is 10.4. The molecular weight excluding hydrogens is 324 g/mol. The van der Waals surface area contributed by atoms with Gasteiger partial charge in [-0.3, -0.25) is 0 Å². The molecule has 0 radical (unpaired) electrons. The van der Waals surface area contributed by atoms with E-state index in [1.807, 2.05) is 6.92 Å². The van der Waals surface area contributed by atoms with Gasteiger partial charge in [0.15, 0.2) is 8.68 Å². The lowest BCUT2D eigenvalue weighted by molar-refractivity contribution is 0.173. The number of amides is 2. The van der Waals surface area contributed by atoms with E-state index in [9.17, 15) is 13.2 Å². The summed E-state index contributed by atoms with van der Waals surface area (Å²) >= 11 is 6.60. The van der Waals surface area contributed by atoms with Crippen molar-refractivity contribution in [3.63, 3.8) is 0 Å². The highest BCUT2D eigenvalue weighted by Gasteiger charge is 2.31. The van der Waals surface area contributed by atoms with Gasteiger partial charge in [0, 0.05) is 32.7 Å². The van der Waals surface area contributed by atoms with E-state index >= 15 is 0 Å². The molecular formula is C10H15ClN4O3S2. The minimum absolute atomic E-state index is 0.133. The fraction of sp³-hybridized carbons (Fsp3) is 0.600. The normalized spacial score (nSPS) is 17.2. The zero-order valence-corrected chi connectivity index (χ0v) is 13.3. The monoisotopic (exact) mass is 338 g/mol. The molecule has 1 aromatic rings. The third-order valence-electron chi connectivity index (χ3n) is 2.90. The number of urea groups is 1. The van der Waals surface area contributed by atoms with Crippen LogP contribution in [0.25, 0.3) is 0 Å². The Hall–Kier alpha value is -0.900. The number of halogens is 1. The molecule has 0 atom stereocenters. The van der Waals surface area contributed by atoms with Gasteiger partial charge in [-0.1, -0.05) is 22.9 Å². The fourth-order valence-electron chi connectivity index (χ4n) is 1.88. The van der Waals surface area contributed by atoms with Gasteiger partial charge in [-0.05, 0) is 6.92 Å². The van der Waals surface area contributed by atoms with Crippen LogP contribution in [0, 0.1) is 0 Å². The van der Waals surface area contributed by atoms with Gasteiger partial charge in [0.2, 0.25) is 0 Å². The van der Waals surface area contributed by atoms with Crippen LogP contribution >= 0.6 is 22.9 Å². The number of nitrogens with one attached hydrogen (secondary N) is 1. The summed E-state index contributed by atoms with van der Waals surface area (Å²) in [5, 5.41) is 2.70. The summed E-state index contributed by atoms with van der Waals surface area (Å²) in [7, 11) is -3.56.